The number of aryl methyl sites for hydroxylation is 2. The average molecular weight is 434 g/mol. The zero-order chi connectivity index (χ0) is 21.3. The van der Waals surface area contributed by atoms with Crippen LogP contribution in [0.15, 0.2) is 30.3 Å². The Bertz CT molecular complexity index is 1230. The van der Waals surface area contributed by atoms with Crippen LogP contribution in [0.2, 0.25) is 0 Å². The van der Waals surface area contributed by atoms with Gasteiger partial charge in [0.25, 0.3) is 11.8 Å². The van der Waals surface area contributed by atoms with Gasteiger partial charge in [-0.05, 0) is 43.7 Å². The zero-order valence-electron chi connectivity index (χ0n) is 15.9. The molecule has 2 amide bonds. The monoisotopic (exact) mass is 433 g/mol. The van der Waals surface area contributed by atoms with Crippen LogP contribution in [0.4, 0.5) is 11.4 Å². The van der Waals surface area contributed by atoms with Gasteiger partial charge in [-0.15, -0.1) is 11.3 Å². The quantitative estimate of drug-likeness (QED) is 0.463. The number of carbonyl (C=O) groups excluding carboxylic acids is 2. The van der Waals surface area contributed by atoms with Gasteiger partial charge in [-0.2, -0.15) is 0 Å². The van der Waals surface area contributed by atoms with E-state index in [-0.39, 0.29) is 16.1 Å². The highest BCUT2D eigenvalue weighted by molar-refractivity contribution is 7.92. The lowest BCUT2D eigenvalue weighted by atomic mass is 10.1. The minimum absolute atomic E-state index is 0.163. The number of nitrogens with two attached hydrogens (primary N) is 1. The van der Waals surface area contributed by atoms with E-state index in [9.17, 15) is 18.0 Å². The van der Waals surface area contributed by atoms with Gasteiger partial charge in [-0.1, -0.05) is 6.07 Å². The summed E-state index contributed by atoms with van der Waals surface area (Å²) in [7, 11) is -3.48. The summed E-state index contributed by atoms with van der Waals surface area (Å²) in [5.41, 5.74) is 13.2. The third-order valence-electron chi connectivity index (χ3n) is 3.95. The number of nitrogens with one attached hydrogen (secondary N) is 3. The number of thiophene rings is 1. The highest BCUT2D eigenvalue weighted by Gasteiger charge is 2.19. The third-order valence-corrected chi connectivity index (χ3v) is 5.65. The maximum absolute atomic E-state index is 12.5. The van der Waals surface area contributed by atoms with E-state index < -0.39 is 21.8 Å². The molecule has 152 valence electrons. The van der Waals surface area contributed by atoms with Crippen molar-refractivity contribution in [1.29, 1.82) is 0 Å². The highest BCUT2D eigenvalue weighted by atomic mass is 32.2. The summed E-state index contributed by atoms with van der Waals surface area (Å²) < 4.78 is 24.9. The summed E-state index contributed by atoms with van der Waals surface area (Å²) >= 11 is 1.14. The van der Waals surface area contributed by atoms with E-state index in [2.05, 4.69) is 20.6 Å². The number of carbonyl (C=O) groups is 2. The van der Waals surface area contributed by atoms with E-state index in [4.69, 9.17) is 5.73 Å². The van der Waals surface area contributed by atoms with Gasteiger partial charge in [-0.3, -0.25) is 25.2 Å². The van der Waals surface area contributed by atoms with Crippen LogP contribution in [-0.4, -0.2) is 31.5 Å². The van der Waals surface area contributed by atoms with Gasteiger partial charge in [0, 0.05) is 22.3 Å². The Morgan fingerprint density at radius 1 is 1.10 bits per heavy atom. The van der Waals surface area contributed by atoms with Crippen molar-refractivity contribution in [3.8, 4) is 0 Å². The number of amides is 2. The lowest BCUT2D eigenvalue weighted by molar-refractivity contribution is 0.0849. The molecule has 11 heteroatoms. The van der Waals surface area contributed by atoms with E-state index in [0.29, 0.717) is 10.5 Å². The number of sulfonamides is 1. The summed E-state index contributed by atoms with van der Waals surface area (Å²) in [6.07, 6.45) is 1.01. The maximum atomic E-state index is 12.5. The first-order chi connectivity index (χ1) is 13.5. The maximum Gasteiger partial charge on any atom is 0.281 e. The zero-order valence-corrected chi connectivity index (χ0v) is 17.5. The Morgan fingerprint density at radius 3 is 2.48 bits per heavy atom. The fourth-order valence-electron chi connectivity index (χ4n) is 2.82. The molecule has 2 heterocycles. The fourth-order valence-corrected chi connectivity index (χ4v) is 4.49. The molecule has 1 aromatic carbocycles. The Labute approximate surface area is 171 Å². The molecule has 3 aromatic rings. The summed E-state index contributed by atoms with van der Waals surface area (Å²) in [5, 5.41) is 0.719. The van der Waals surface area contributed by atoms with Crippen LogP contribution >= 0.6 is 11.3 Å². The number of hydrogen-bond donors (Lipinski definition) is 4. The van der Waals surface area contributed by atoms with Gasteiger partial charge in [-0.25, -0.2) is 13.4 Å². The molecular formula is C18H19N5O4S2. The number of nitrogen functional groups attached to an aromatic ring is 1. The van der Waals surface area contributed by atoms with Crippen molar-refractivity contribution in [3.05, 3.63) is 52.0 Å². The molecule has 0 fully saturated rings. The molecule has 9 nitrogen and oxygen atoms in total. The second-order valence-corrected chi connectivity index (χ2v) is 9.22. The first kappa shape index (κ1) is 20.6. The largest absolute Gasteiger partial charge is 0.397 e. The molecule has 0 bridgehead atoms. The van der Waals surface area contributed by atoms with E-state index >= 15 is 0 Å². The number of fused-ring (bicyclic) bond motifs is 1. The van der Waals surface area contributed by atoms with Crippen LogP contribution in [0.3, 0.4) is 0 Å². The Balaban J connectivity index is 1.75. The molecule has 0 spiro atoms. The molecule has 3 rings (SSSR count). The van der Waals surface area contributed by atoms with Crippen LogP contribution in [0.1, 0.15) is 31.3 Å². The van der Waals surface area contributed by atoms with Gasteiger partial charge in [0.15, 0.2) is 0 Å². The molecule has 0 atom stereocenters. The Hall–Kier alpha value is -3.18. The van der Waals surface area contributed by atoms with Crippen molar-refractivity contribution >= 4 is 54.8 Å². The average Bonchev–Trinajstić information content (AvgIpc) is 2.94. The SMILES string of the molecule is Cc1cc(C)c2c(N)c(C(=O)NNC(=O)c3cccc(NS(C)(=O)=O)c3)sc2n1. The van der Waals surface area contributed by atoms with Crippen molar-refractivity contribution in [2.45, 2.75) is 13.8 Å². The Morgan fingerprint density at radius 2 is 1.79 bits per heavy atom. The number of pyridine rings is 1. The highest BCUT2D eigenvalue weighted by Crippen LogP contribution is 2.34. The van der Waals surface area contributed by atoms with Crippen LogP contribution in [-0.2, 0) is 10.0 Å². The van der Waals surface area contributed by atoms with E-state index in [1.807, 2.05) is 19.9 Å². The molecule has 2 aromatic heterocycles. The third kappa shape index (κ3) is 4.63. The van der Waals surface area contributed by atoms with E-state index in [1.54, 1.807) is 0 Å². The number of aromatic nitrogens is 1. The van der Waals surface area contributed by atoms with Crippen molar-refractivity contribution < 1.29 is 18.0 Å². The molecule has 0 saturated heterocycles. The van der Waals surface area contributed by atoms with Crippen molar-refractivity contribution in [2.75, 3.05) is 16.7 Å². The van der Waals surface area contributed by atoms with Crippen LogP contribution < -0.4 is 21.3 Å². The van der Waals surface area contributed by atoms with E-state index in [1.165, 1.54) is 24.3 Å². The number of rotatable bonds is 4. The predicted octanol–water partition coefficient (Wildman–Crippen LogP) is 1.94. The second-order valence-electron chi connectivity index (χ2n) is 6.47. The van der Waals surface area contributed by atoms with Gasteiger partial charge < -0.3 is 5.73 Å². The Kier molecular flexibility index (Phi) is 5.44. The standard InChI is InChI=1S/C18H19N5O4S2/c1-9-7-10(2)20-18-13(9)14(19)15(28-18)17(25)22-21-16(24)11-5-4-6-12(8-11)23-29(3,26)27/h4-8,23H,19H2,1-3H3,(H,21,24)(H,22,25). The topological polar surface area (TPSA) is 143 Å². The molecule has 29 heavy (non-hydrogen) atoms. The summed E-state index contributed by atoms with van der Waals surface area (Å²) in [5.74, 6) is -1.18. The number of anilines is 2. The van der Waals surface area contributed by atoms with Crippen molar-refractivity contribution in [2.24, 2.45) is 0 Å². The summed E-state index contributed by atoms with van der Waals surface area (Å²) in [6.45, 7) is 3.75. The molecular weight excluding hydrogens is 414 g/mol. The van der Waals surface area contributed by atoms with Gasteiger partial charge in [0.1, 0.15) is 9.71 Å². The number of hydrogen-bond acceptors (Lipinski definition) is 7. The predicted molar refractivity (Wildman–Crippen MR) is 113 cm³/mol. The smallest absolute Gasteiger partial charge is 0.281 e. The van der Waals surface area contributed by atoms with Crippen LogP contribution in [0, 0.1) is 13.8 Å². The van der Waals surface area contributed by atoms with Crippen LogP contribution in [0.5, 0.6) is 0 Å². The van der Waals surface area contributed by atoms with E-state index in [0.717, 1.165) is 34.2 Å². The van der Waals surface area contributed by atoms with Gasteiger partial charge >= 0.3 is 0 Å². The normalized spacial score (nSPS) is 11.3. The second kappa shape index (κ2) is 7.68. The molecule has 5 N–H and O–H groups in total. The fraction of sp³-hybridized carbons (Fsp3) is 0.167. The van der Waals surface area contributed by atoms with Gasteiger partial charge in [0.2, 0.25) is 10.0 Å². The molecule has 0 aliphatic rings. The minimum atomic E-state index is -3.48. The lowest BCUT2D eigenvalue weighted by Gasteiger charge is -2.09. The minimum Gasteiger partial charge on any atom is -0.397 e. The first-order valence-corrected chi connectivity index (χ1v) is 11.1. The molecule has 0 saturated carbocycles. The molecule has 0 aliphatic carbocycles. The van der Waals surface area contributed by atoms with Gasteiger partial charge in [0.05, 0.1) is 11.9 Å². The van der Waals surface area contributed by atoms with Crippen LogP contribution in [0.25, 0.3) is 10.2 Å². The van der Waals surface area contributed by atoms with Crippen molar-refractivity contribution in [1.82, 2.24) is 15.8 Å². The molecule has 0 radical (unpaired) electrons. The first-order valence-electron chi connectivity index (χ1n) is 8.40. The summed E-state index contributed by atoms with van der Waals surface area (Å²) in [4.78, 5) is 30.1. The van der Waals surface area contributed by atoms with Crippen molar-refractivity contribution in [3.63, 3.8) is 0 Å². The molecule has 0 unspecified atom stereocenters. The number of nitrogens with zero attached hydrogens (tertiary/aromatic N) is 1. The number of benzene rings is 1. The lowest BCUT2D eigenvalue weighted by Crippen LogP contribution is -2.41. The summed E-state index contributed by atoms with van der Waals surface area (Å²) in [6, 6.07) is 7.74. The molecule has 0 aliphatic heterocycles. The number of hydrazine groups is 1.